The van der Waals surface area contributed by atoms with E-state index in [0.717, 1.165) is 18.5 Å². The van der Waals surface area contributed by atoms with Crippen LogP contribution in [0.3, 0.4) is 0 Å². The lowest BCUT2D eigenvalue weighted by Crippen LogP contribution is -2.16. The van der Waals surface area contributed by atoms with E-state index >= 15 is 0 Å². The Hall–Kier alpha value is -1.74. The fourth-order valence-corrected chi connectivity index (χ4v) is 1.66. The SMILES string of the molecule is Fc1cccc(CNCCc2ccncc2)c1. The molecular formula is C14H15FN2. The summed E-state index contributed by atoms with van der Waals surface area (Å²) in [5.74, 6) is -0.182. The Balaban J connectivity index is 1.73. The Morgan fingerprint density at radius 3 is 2.65 bits per heavy atom. The molecule has 3 heteroatoms. The number of nitrogens with one attached hydrogen (secondary N) is 1. The molecule has 1 aromatic carbocycles. The van der Waals surface area contributed by atoms with Gasteiger partial charge in [0.2, 0.25) is 0 Å². The molecule has 1 N–H and O–H groups in total. The number of benzene rings is 1. The van der Waals surface area contributed by atoms with Crippen LogP contribution in [0.4, 0.5) is 4.39 Å². The van der Waals surface area contributed by atoms with Gasteiger partial charge in [-0.3, -0.25) is 4.98 Å². The molecule has 0 amide bonds. The van der Waals surface area contributed by atoms with E-state index in [9.17, 15) is 4.39 Å². The Morgan fingerprint density at radius 1 is 1.06 bits per heavy atom. The third kappa shape index (κ3) is 3.96. The number of pyridine rings is 1. The molecule has 1 aromatic heterocycles. The zero-order chi connectivity index (χ0) is 11.9. The fourth-order valence-electron chi connectivity index (χ4n) is 1.66. The summed E-state index contributed by atoms with van der Waals surface area (Å²) in [4.78, 5) is 3.97. The van der Waals surface area contributed by atoms with E-state index in [1.807, 2.05) is 18.2 Å². The van der Waals surface area contributed by atoms with Crippen LogP contribution in [0.1, 0.15) is 11.1 Å². The number of rotatable bonds is 5. The van der Waals surface area contributed by atoms with Gasteiger partial charge < -0.3 is 5.32 Å². The van der Waals surface area contributed by atoms with Gasteiger partial charge in [-0.05, 0) is 48.4 Å². The van der Waals surface area contributed by atoms with Gasteiger partial charge in [0.1, 0.15) is 5.82 Å². The van der Waals surface area contributed by atoms with Crippen molar-refractivity contribution < 1.29 is 4.39 Å². The van der Waals surface area contributed by atoms with Gasteiger partial charge in [0.25, 0.3) is 0 Å². The highest BCUT2D eigenvalue weighted by atomic mass is 19.1. The van der Waals surface area contributed by atoms with Crippen molar-refractivity contribution in [2.45, 2.75) is 13.0 Å². The summed E-state index contributed by atoms with van der Waals surface area (Å²) in [6.45, 7) is 1.57. The van der Waals surface area contributed by atoms with E-state index in [-0.39, 0.29) is 5.82 Å². The predicted octanol–water partition coefficient (Wildman–Crippen LogP) is 2.55. The summed E-state index contributed by atoms with van der Waals surface area (Å²) in [6.07, 6.45) is 4.54. The van der Waals surface area contributed by atoms with Gasteiger partial charge in [-0.25, -0.2) is 4.39 Å². The molecule has 88 valence electrons. The topological polar surface area (TPSA) is 24.9 Å². The first-order chi connectivity index (χ1) is 8.34. The van der Waals surface area contributed by atoms with Crippen LogP contribution in [0.5, 0.6) is 0 Å². The first-order valence-electron chi connectivity index (χ1n) is 5.68. The van der Waals surface area contributed by atoms with Crippen molar-refractivity contribution in [2.24, 2.45) is 0 Å². The van der Waals surface area contributed by atoms with Crippen LogP contribution >= 0.6 is 0 Å². The van der Waals surface area contributed by atoms with Crippen molar-refractivity contribution in [3.63, 3.8) is 0 Å². The van der Waals surface area contributed by atoms with Crippen LogP contribution in [0.15, 0.2) is 48.8 Å². The summed E-state index contributed by atoms with van der Waals surface area (Å²) >= 11 is 0. The molecule has 0 aliphatic rings. The molecule has 17 heavy (non-hydrogen) atoms. The smallest absolute Gasteiger partial charge is 0.123 e. The van der Waals surface area contributed by atoms with Crippen molar-refractivity contribution in [3.05, 3.63) is 65.7 Å². The van der Waals surface area contributed by atoms with E-state index in [4.69, 9.17) is 0 Å². The first kappa shape index (κ1) is 11.7. The number of hydrogen-bond acceptors (Lipinski definition) is 2. The van der Waals surface area contributed by atoms with Crippen LogP contribution in [-0.2, 0) is 13.0 Å². The van der Waals surface area contributed by atoms with Crippen molar-refractivity contribution in [2.75, 3.05) is 6.54 Å². The van der Waals surface area contributed by atoms with Crippen LogP contribution in [0, 0.1) is 5.82 Å². The molecule has 0 saturated carbocycles. The molecule has 0 fully saturated rings. The minimum atomic E-state index is -0.182. The van der Waals surface area contributed by atoms with Gasteiger partial charge in [-0.1, -0.05) is 12.1 Å². The van der Waals surface area contributed by atoms with Gasteiger partial charge in [0, 0.05) is 18.9 Å². The second-order valence-corrected chi connectivity index (χ2v) is 3.91. The molecule has 1 heterocycles. The van der Waals surface area contributed by atoms with Crippen molar-refractivity contribution in [1.29, 1.82) is 0 Å². The Morgan fingerprint density at radius 2 is 1.88 bits per heavy atom. The van der Waals surface area contributed by atoms with Crippen LogP contribution in [0.25, 0.3) is 0 Å². The second kappa shape index (κ2) is 6.11. The zero-order valence-electron chi connectivity index (χ0n) is 9.57. The average molecular weight is 230 g/mol. The first-order valence-corrected chi connectivity index (χ1v) is 5.68. The second-order valence-electron chi connectivity index (χ2n) is 3.91. The third-order valence-electron chi connectivity index (χ3n) is 2.56. The Kier molecular flexibility index (Phi) is 4.22. The maximum atomic E-state index is 12.9. The van der Waals surface area contributed by atoms with Crippen molar-refractivity contribution in [3.8, 4) is 0 Å². The third-order valence-corrected chi connectivity index (χ3v) is 2.56. The minimum absolute atomic E-state index is 0.182. The Labute approximate surface area is 101 Å². The number of aromatic nitrogens is 1. The van der Waals surface area contributed by atoms with E-state index in [2.05, 4.69) is 10.3 Å². The summed E-state index contributed by atoms with van der Waals surface area (Å²) in [5.41, 5.74) is 2.23. The zero-order valence-corrected chi connectivity index (χ0v) is 9.57. The monoisotopic (exact) mass is 230 g/mol. The highest BCUT2D eigenvalue weighted by Crippen LogP contribution is 2.03. The van der Waals surface area contributed by atoms with Gasteiger partial charge in [-0.2, -0.15) is 0 Å². The van der Waals surface area contributed by atoms with Crippen LogP contribution in [-0.4, -0.2) is 11.5 Å². The summed E-state index contributed by atoms with van der Waals surface area (Å²) in [5, 5.41) is 3.29. The fraction of sp³-hybridized carbons (Fsp3) is 0.214. The minimum Gasteiger partial charge on any atom is -0.312 e. The van der Waals surface area contributed by atoms with E-state index in [0.29, 0.717) is 6.54 Å². The maximum Gasteiger partial charge on any atom is 0.123 e. The van der Waals surface area contributed by atoms with Crippen LogP contribution in [0.2, 0.25) is 0 Å². The number of nitrogens with zero attached hydrogens (tertiary/aromatic N) is 1. The lowest BCUT2D eigenvalue weighted by Gasteiger charge is -2.05. The maximum absolute atomic E-state index is 12.9. The van der Waals surface area contributed by atoms with Crippen molar-refractivity contribution in [1.82, 2.24) is 10.3 Å². The molecule has 2 nitrogen and oxygen atoms in total. The number of halogens is 1. The molecule has 0 unspecified atom stereocenters. The predicted molar refractivity (Wildman–Crippen MR) is 66.0 cm³/mol. The lowest BCUT2D eigenvalue weighted by atomic mass is 10.2. The molecule has 0 atom stereocenters. The van der Waals surface area contributed by atoms with Gasteiger partial charge >= 0.3 is 0 Å². The summed E-state index contributed by atoms with van der Waals surface area (Å²) < 4.78 is 12.9. The van der Waals surface area contributed by atoms with E-state index in [1.165, 1.54) is 11.6 Å². The standard InChI is InChI=1S/C14H15FN2/c15-14-3-1-2-13(10-14)11-17-9-6-12-4-7-16-8-5-12/h1-5,7-8,10,17H,6,9,11H2. The lowest BCUT2D eigenvalue weighted by molar-refractivity contribution is 0.620. The molecule has 2 aromatic rings. The Bertz CT molecular complexity index is 457. The highest BCUT2D eigenvalue weighted by Gasteiger charge is 1.95. The normalized spacial score (nSPS) is 10.4. The van der Waals surface area contributed by atoms with E-state index < -0.39 is 0 Å². The molecule has 0 aliphatic heterocycles. The van der Waals surface area contributed by atoms with Gasteiger partial charge in [0.15, 0.2) is 0 Å². The largest absolute Gasteiger partial charge is 0.312 e. The highest BCUT2D eigenvalue weighted by molar-refractivity contribution is 5.16. The molecule has 0 saturated heterocycles. The van der Waals surface area contributed by atoms with Crippen LogP contribution < -0.4 is 5.32 Å². The molecular weight excluding hydrogens is 215 g/mol. The summed E-state index contributed by atoms with van der Waals surface area (Å²) in [6, 6.07) is 10.7. The quantitative estimate of drug-likeness (QED) is 0.798. The van der Waals surface area contributed by atoms with Gasteiger partial charge in [-0.15, -0.1) is 0 Å². The number of hydrogen-bond donors (Lipinski definition) is 1. The van der Waals surface area contributed by atoms with E-state index in [1.54, 1.807) is 24.5 Å². The van der Waals surface area contributed by atoms with Crippen molar-refractivity contribution >= 4 is 0 Å². The molecule has 2 rings (SSSR count). The molecule has 0 aliphatic carbocycles. The average Bonchev–Trinajstić information content (AvgIpc) is 2.36. The molecule has 0 spiro atoms. The van der Waals surface area contributed by atoms with Gasteiger partial charge in [0.05, 0.1) is 0 Å². The molecule has 0 bridgehead atoms. The summed E-state index contributed by atoms with van der Waals surface area (Å²) in [7, 11) is 0. The molecule has 0 radical (unpaired) electrons.